The highest BCUT2D eigenvalue weighted by molar-refractivity contribution is 7.78. The monoisotopic (exact) mass is 792 g/mol. The molecule has 54 heavy (non-hydrogen) atoms. The Kier molecular flexibility index (Phi) is 11.0. The summed E-state index contributed by atoms with van der Waals surface area (Å²) in [6.45, 7) is 0. The first-order valence-corrected chi connectivity index (χ1v) is 19.7. The lowest BCUT2D eigenvalue weighted by Gasteiger charge is -2.43. The molecule has 0 saturated heterocycles. The molecule has 2 atom stereocenters. The maximum atomic E-state index is 14.2. The van der Waals surface area contributed by atoms with E-state index in [1.807, 2.05) is 0 Å². The van der Waals surface area contributed by atoms with E-state index in [0.717, 1.165) is 0 Å². The molecule has 0 fully saturated rings. The maximum Gasteiger partial charge on any atom is 0.447 e. The number of rotatable bonds is 12. The van der Waals surface area contributed by atoms with Crippen LogP contribution in [0.15, 0.2) is 150 Å². The van der Waals surface area contributed by atoms with E-state index in [9.17, 15) is 13.2 Å². The molecule has 276 valence electrons. The lowest BCUT2D eigenvalue weighted by molar-refractivity contribution is 0.0545. The van der Waals surface area contributed by atoms with Crippen LogP contribution in [-0.2, 0) is 0 Å². The number of nitrogen functional groups attached to an aromatic ring is 3. The Morgan fingerprint density at radius 3 is 1.24 bits per heavy atom. The van der Waals surface area contributed by atoms with Crippen molar-refractivity contribution in [1.82, 2.24) is 9.21 Å². The predicted octanol–water partition coefficient (Wildman–Crippen LogP) is 10.5. The lowest BCUT2D eigenvalue weighted by atomic mass is 10.3. The second-order valence-corrected chi connectivity index (χ2v) is 16.7. The smallest absolute Gasteiger partial charge is 0.440 e. The van der Waals surface area contributed by atoms with Gasteiger partial charge in [0.15, 0.2) is 0 Å². The van der Waals surface area contributed by atoms with Gasteiger partial charge in [-0.1, -0.05) is 0 Å². The molecule has 2 unspecified atom stereocenters. The first-order chi connectivity index (χ1) is 26.1. The Morgan fingerprint density at radius 2 is 0.796 bits per heavy atom. The average molecular weight is 793 g/mol. The van der Waals surface area contributed by atoms with Crippen LogP contribution in [0.2, 0.25) is 0 Å². The molecule has 6 aromatic rings. The van der Waals surface area contributed by atoms with E-state index in [4.69, 9.17) is 49.5 Å². The quantitative estimate of drug-likeness (QED) is 0.0802. The first kappa shape index (κ1) is 36.7. The Bertz CT molecular complexity index is 2180. The minimum absolute atomic E-state index is 0.112. The molecular weight excluding hydrogens is 762 g/mol. The van der Waals surface area contributed by atoms with E-state index in [1.165, 1.54) is 82.0 Å². The van der Waals surface area contributed by atoms with Gasteiger partial charge in [0.2, 0.25) is 0 Å². The van der Waals surface area contributed by atoms with Crippen molar-refractivity contribution in [3.05, 3.63) is 163 Å². The van der Waals surface area contributed by atoms with Gasteiger partial charge in [0, 0.05) is 26.3 Å². The first-order valence-electron chi connectivity index (χ1n) is 15.9. The number of nitrogens with zero attached hydrogens (tertiary/aromatic N) is 3. The van der Waals surface area contributed by atoms with Crippen molar-refractivity contribution in [2.75, 3.05) is 17.2 Å². The van der Waals surface area contributed by atoms with E-state index in [2.05, 4.69) is 0 Å². The molecule has 18 heteroatoms. The van der Waals surface area contributed by atoms with Gasteiger partial charge >= 0.3 is 24.6 Å². The number of anilines is 3. The molecular formula is C36H30F3N6O6P3. The van der Waals surface area contributed by atoms with Crippen LogP contribution < -0.4 is 45.0 Å². The van der Waals surface area contributed by atoms with E-state index < -0.39 is 42.0 Å². The molecule has 1 aliphatic rings. The standard InChI is InChI=1S/C36H30F3N6O6P3/c37-25-1-13-32(14-2-25)47-45-53(49-34-23-11-30(42)12-24-34)44(46-31-19-7-28(40)8-20-31)52(48-33-21-9-29(41)10-22-33)43-54(45,50-35-15-3-26(38)4-16-35)51-36-17-5-27(39)6-18-36/h1-24H,40-42H2. The van der Waals surface area contributed by atoms with Crippen LogP contribution in [0.3, 0.4) is 0 Å². The summed E-state index contributed by atoms with van der Waals surface area (Å²) in [5.41, 5.74) is 19.4. The van der Waals surface area contributed by atoms with Crippen molar-refractivity contribution in [2.45, 2.75) is 0 Å². The fraction of sp³-hybridized carbons (Fsp3) is 0. The number of halogens is 3. The molecule has 12 nitrogen and oxygen atoms in total. The summed E-state index contributed by atoms with van der Waals surface area (Å²) in [5, 5.41) is 0. The van der Waals surface area contributed by atoms with E-state index >= 15 is 0 Å². The minimum atomic E-state index is -4.19. The van der Waals surface area contributed by atoms with Crippen LogP contribution in [0.1, 0.15) is 0 Å². The summed E-state index contributed by atoms with van der Waals surface area (Å²) in [6, 6.07) is 35.1. The van der Waals surface area contributed by atoms with Gasteiger partial charge in [-0.25, -0.2) is 13.2 Å². The summed E-state index contributed by atoms with van der Waals surface area (Å²) in [4.78, 5) is 13.0. The summed E-state index contributed by atoms with van der Waals surface area (Å²) in [6.07, 6.45) is 0. The van der Waals surface area contributed by atoms with Crippen molar-refractivity contribution in [1.29, 1.82) is 0 Å². The fourth-order valence-corrected chi connectivity index (χ4v) is 12.0. The molecule has 0 radical (unpaired) electrons. The summed E-state index contributed by atoms with van der Waals surface area (Å²) < 4.78 is 76.8. The Labute approximate surface area is 310 Å². The third-order valence-corrected chi connectivity index (χ3v) is 14.0. The molecule has 0 aliphatic carbocycles. The molecule has 0 spiro atoms. The summed E-state index contributed by atoms with van der Waals surface area (Å²) in [5.74, 6) is -0.282. The zero-order valence-corrected chi connectivity index (χ0v) is 30.5. The maximum absolute atomic E-state index is 14.2. The number of hydrogen-bond acceptors (Lipinski definition) is 12. The van der Waals surface area contributed by atoms with E-state index in [0.29, 0.717) is 34.3 Å². The number of nitrogens with two attached hydrogens (primary N) is 3. The molecule has 6 N–H and O–H groups in total. The van der Waals surface area contributed by atoms with Crippen LogP contribution in [0.5, 0.6) is 34.5 Å². The summed E-state index contributed by atoms with van der Waals surface area (Å²) in [7, 11) is -9.06. The van der Waals surface area contributed by atoms with Crippen LogP contribution in [0.4, 0.5) is 30.2 Å². The zero-order valence-electron chi connectivity index (χ0n) is 27.9. The highest BCUT2D eigenvalue weighted by Gasteiger charge is 2.58. The van der Waals surface area contributed by atoms with Gasteiger partial charge in [0.1, 0.15) is 51.9 Å². The van der Waals surface area contributed by atoms with Gasteiger partial charge < -0.3 is 45.0 Å². The topological polar surface area (TPSA) is 152 Å². The van der Waals surface area contributed by atoms with Crippen LogP contribution in [0, 0.1) is 17.5 Å². The van der Waals surface area contributed by atoms with Crippen molar-refractivity contribution >= 4 is 41.6 Å². The van der Waals surface area contributed by atoms with Gasteiger partial charge in [-0.05, 0) is 146 Å². The highest BCUT2D eigenvalue weighted by atomic mass is 31.3. The van der Waals surface area contributed by atoms with Crippen LogP contribution in [0.25, 0.3) is 0 Å². The Balaban J connectivity index is 1.48. The van der Waals surface area contributed by atoms with Crippen LogP contribution in [-0.4, -0.2) is 9.21 Å². The third-order valence-electron chi connectivity index (χ3n) is 7.12. The van der Waals surface area contributed by atoms with E-state index in [-0.39, 0.29) is 17.2 Å². The van der Waals surface area contributed by atoms with Gasteiger partial charge in [-0.2, -0.15) is 0 Å². The minimum Gasteiger partial charge on any atom is -0.440 e. The zero-order chi connectivity index (χ0) is 37.7. The highest BCUT2D eigenvalue weighted by Crippen LogP contribution is 2.77. The number of hydrogen-bond donors (Lipinski definition) is 3. The van der Waals surface area contributed by atoms with Crippen molar-refractivity contribution < 1.29 is 40.9 Å². The Morgan fingerprint density at radius 1 is 0.444 bits per heavy atom. The third kappa shape index (κ3) is 8.91. The molecule has 0 bridgehead atoms. The number of benzene rings is 6. The molecule has 0 saturated carbocycles. The average Bonchev–Trinajstić information content (AvgIpc) is 3.16. The van der Waals surface area contributed by atoms with E-state index in [1.54, 1.807) is 72.8 Å². The normalized spacial score (nSPS) is 16.8. The molecule has 7 rings (SSSR count). The van der Waals surface area contributed by atoms with Gasteiger partial charge in [-0.15, -0.1) is 4.52 Å². The Hall–Kier alpha value is -5.68. The second-order valence-electron chi connectivity index (χ2n) is 11.2. The molecule has 1 aliphatic heterocycles. The molecule has 0 amide bonds. The van der Waals surface area contributed by atoms with Crippen molar-refractivity contribution in [3.63, 3.8) is 0 Å². The lowest BCUT2D eigenvalue weighted by Crippen LogP contribution is -2.37. The molecule has 1 heterocycles. The van der Waals surface area contributed by atoms with Crippen LogP contribution >= 0.6 is 24.6 Å². The predicted molar refractivity (Wildman–Crippen MR) is 202 cm³/mol. The SMILES string of the molecule is Nc1ccc(ON2P(Oc3ccc(N)cc3)N=P(Oc3ccc(F)cc3)(Oc3ccc(F)cc3)N(Oc3ccc(F)cc3)P2Oc2ccc(N)cc2)cc1. The van der Waals surface area contributed by atoms with Crippen molar-refractivity contribution in [3.8, 4) is 34.5 Å². The molecule has 0 aromatic heterocycles. The van der Waals surface area contributed by atoms with Gasteiger partial charge in [0.05, 0.1) is 0 Å². The fourth-order valence-electron chi connectivity index (χ4n) is 4.52. The summed E-state index contributed by atoms with van der Waals surface area (Å²) >= 11 is 0. The van der Waals surface area contributed by atoms with Gasteiger partial charge in [-0.3, -0.25) is 0 Å². The second kappa shape index (κ2) is 16.1. The van der Waals surface area contributed by atoms with Crippen molar-refractivity contribution in [2.24, 2.45) is 4.52 Å². The molecule has 6 aromatic carbocycles. The largest absolute Gasteiger partial charge is 0.447 e. The van der Waals surface area contributed by atoms with Gasteiger partial charge in [0.25, 0.3) is 0 Å².